The van der Waals surface area contributed by atoms with E-state index in [4.69, 9.17) is 4.74 Å². The number of carbonyl (C=O) groups excluding carboxylic acids is 3. The van der Waals surface area contributed by atoms with Gasteiger partial charge in [0.25, 0.3) is 0 Å². The molecule has 1 N–H and O–H groups in total. The van der Waals surface area contributed by atoms with Crippen molar-refractivity contribution in [1.82, 2.24) is 14.7 Å². The van der Waals surface area contributed by atoms with E-state index in [2.05, 4.69) is 0 Å². The molecule has 0 aromatic heterocycles. The smallest absolute Gasteiger partial charge is 0.249 e. The molecule has 0 aromatic carbocycles. The number of likely N-dealkylation sites (tertiary alicyclic amines) is 1. The summed E-state index contributed by atoms with van der Waals surface area (Å²) in [6.07, 6.45) is 14.1. The zero-order valence-electron chi connectivity index (χ0n) is 21.2. The standard InChI is InChI=1S/C27H39N3O5/c1-4-18(17-31)30-22-25(34)29(19-11-7-6-8-12-19)16-10-14-27(22)21(24(30)33)20-23(32)28(3)15-9-13-26(20,5-2)35-27/h9-10,13-14,18-22,31H,4-8,11-12,15-17H2,1-3H3/t18-,20-,21-,22?,26+,27-/m0/s1. The molecule has 4 heterocycles. The third-order valence-corrected chi connectivity index (χ3v) is 9.20. The van der Waals surface area contributed by atoms with Crippen molar-refractivity contribution < 1.29 is 24.2 Å². The largest absolute Gasteiger partial charge is 0.394 e. The Morgan fingerprint density at radius 1 is 1.00 bits per heavy atom. The van der Waals surface area contributed by atoms with Crippen molar-refractivity contribution in [3.63, 3.8) is 0 Å². The molecule has 192 valence electrons. The molecule has 8 nitrogen and oxygen atoms in total. The van der Waals surface area contributed by atoms with E-state index in [0.29, 0.717) is 25.9 Å². The van der Waals surface area contributed by atoms with Gasteiger partial charge in [0.1, 0.15) is 11.6 Å². The molecule has 1 saturated carbocycles. The topological polar surface area (TPSA) is 90.4 Å². The van der Waals surface area contributed by atoms with Crippen LogP contribution in [0, 0.1) is 11.8 Å². The number of hydrogen-bond donors (Lipinski definition) is 1. The highest BCUT2D eigenvalue weighted by Gasteiger charge is 2.75. The van der Waals surface area contributed by atoms with Crippen LogP contribution in [0.4, 0.5) is 0 Å². The lowest BCUT2D eigenvalue weighted by atomic mass is 9.73. The Bertz CT molecular complexity index is 939. The summed E-state index contributed by atoms with van der Waals surface area (Å²) in [4.78, 5) is 47.5. The molecular formula is C27H39N3O5. The molecule has 1 unspecified atom stereocenters. The molecule has 0 aromatic rings. The lowest BCUT2D eigenvalue weighted by molar-refractivity contribution is -0.158. The monoisotopic (exact) mass is 485 g/mol. The first-order valence-electron chi connectivity index (χ1n) is 13.4. The van der Waals surface area contributed by atoms with Crippen LogP contribution in [0.25, 0.3) is 0 Å². The van der Waals surface area contributed by atoms with Crippen LogP contribution >= 0.6 is 0 Å². The Morgan fingerprint density at radius 2 is 1.71 bits per heavy atom. The second-order valence-electron chi connectivity index (χ2n) is 10.9. The maximum Gasteiger partial charge on any atom is 0.249 e. The van der Waals surface area contributed by atoms with E-state index >= 15 is 0 Å². The van der Waals surface area contributed by atoms with Gasteiger partial charge in [-0.2, -0.15) is 0 Å². The van der Waals surface area contributed by atoms with Crippen LogP contribution in [0.1, 0.15) is 58.8 Å². The molecule has 2 saturated heterocycles. The maximum absolute atomic E-state index is 14.4. The molecule has 3 fully saturated rings. The Kier molecular flexibility index (Phi) is 6.33. The number of hydrogen-bond acceptors (Lipinski definition) is 5. The second kappa shape index (κ2) is 9.04. The molecular weight excluding hydrogens is 446 g/mol. The van der Waals surface area contributed by atoms with Gasteiger partial charge < -0.3 is 24.5 Å². The highest BCUT2D eigenvalue weighted by Crippen LogP contribution is 2.59. The van der Waals surface area contributed by atoms with Crippen molar-refractivity contribution in [3.8, 4) is 0 Å². The molecule has 5 aliphatic rings. The molecule has 0 radical (unpaired) electrons. The SMILES string of the molecule is CC[C@@H](CO)N1C(=O)[C@@H]2[C@H]3C(=O)N(C)CC=C[C@@]3(CC)O[C@@]23C=CCN(C2CCCCC2)C(=O)C13. The fourth-order valence-electron chi connectivity index (χ4n) is 7.37. The van der Waals surface area contributed by atoms with Gasteiger partial charge in [0.2, 0.25) is 17.7 Å². The van der Waals surface area contributed by atoms with Crippen LogP contribution in [0.5, 0.6) is 0 Å². The van der Waals surface area contributed by atoms with Gasteiger partial charge in [0, 0.05) is 26.2 Å². The summed E-state index contributed by atoms with van der Waals surface area (Å²) >= 11 is 0. The van der Waals surface area contributed by atoms with Crippen LogP contribution in [0.15, 0.2) is 24.3 Å². The molecule has 3 amide bonds. The van der Waals surface area contributed by atoms with E-state index in [1.165, 1.54) is 6.42 Å². The summed E-state index contributed by atoms with van der Waals surface area (Å²) in [5.74, 6) is -2.02. The predicted octanol–water partition coefficient (Wildman–Crippen LogP) is 1.88. The number of likely N-dealkylation sites (N-methyl/N-ethyl adjacent to an activating group) is 1. The van der Waals surface area contributed by atoms with Crippen LogP contribution < -0.4 is 0 Å². The number of aliphatic hydroxyl groups excluding tert-OH is 1. The fourth-order valence-corrected chi connectivity index (χ4v) is 7.37. The second-order valence-corrected chi connectivity index (χ2v) is 10.9. The average Bonchev–Trinajstić information content (AvgIpc) is 3.17. The molecule has 6 atom stereocenters. The lowest BCUT2D eigenvalue weighted by Crippen LogP contribution is -2.60. The Labute approximate surface area is 207 Å². The van der Waals surface area contributed by atoms with Gasteiger partial charge in [-0.3, -0.25) is 14.4 Å². The number of aliphatic hydroxyl groups is 1. The number of rotatable bonds is 5. The molecule has 8 heteroatoms. The van der Waals surface area contributed by atoms with Crippen molar-refractivity contribution >= 4 is 17.7 Å². The summed E-state index contributed by atoms with van der Waals surface area (Å²) in [5, 5.41) is 10.2. The van der Waals surface area contributed by atoms with Gasteiger partial charge in [-0.15, -0.1) is 0 Å². The minimum absolute atomic E-state index is 0.114. The Balaban J connectivity index is 1.66. The quantitative estimate of drug-likeness (QED) is 0.601. The predicted molar refractivity (Wildman–Crippen MR) is 130 cm³/mol. The number of nitrogens with zero attached hydrogens (tertiary/aromatic N) is 3. The molecule has 1 spiro atoms. The first kappa shape index (κ1) is 24.5. The maximum atomic E-state index is 14.4. The number of ether oxygens (including phenoxy) is 1. The minimum Gasteiger partial charge on any atom is -0.394 e. The number of carbonyl (C=O) groups is 3. The molecule has 35 heavy (non-hydrogen) atoms. The van der Waals surface area contributed by atoms with E-state index in [9.17, 15) is 19.5 Å². The average molecular weight is 486 g/mol. The van der Waals surface area contributed by atoms with Gasteiger partial charge >= 0.3 is 0 Å². The van der Waals surface area contributed by atoms with Crippen LogP contribution in [0.2, 0.25) is 0 Å². The molecule has 0 bridgehead atoms. The van der Waals surface area contributed by atoms with Crippen molar-refractivity contribution in [1.29, 1.82) is 0 Å². The number of amides is 3. The van der Waals surface area contributed by atoms with E-state index < -0.39 is 35.1 Å². The molecule has 4 aliphatic heterocycles. The first-order chi connectivity index (χ1) is 16.8. The van der Waals surface area contributed by atoms with Gasteiger partial charge in [0.15, 0.2) is 0 Å². The summed E-state index contributed by atoms with van der Waals surface area (Å²) in [5.41, 5.74) is -2.18. The zero-order chi connectivity index (χ0) is 25.0. The van der Waals surface area contributed by atoms with Crippen LogP contribution in [-0.2, 0) is 19.1 Å². The van der Waals surface area contributed by atoms with Crippen molar-refractivity contribution in [2.24, 2.45) is 11.8 Å². The van der Waals surface area contributed by atoms with Gasteiger partial charge in [-0.1, -0.05) is 57.4 Å². The summed E-state index contributed by atoms with van der Waals surface area (Å²) in [6.45, 7) is 4.59. The third-order valence-electron chi connectivity index (χ3n) is 9.20. The highest BCUT2D eigenvalue weighted by molar-refractivity contribution is 6.00. The molecule has 1 aliphatic carbocycles. The fraction of sp³-hybridized carbons (Fsp3) is 0.741. The Morgan fingerprint density at radius 3 is 2.37 bits per heavy atom. The third kappa shape index (κ3) is 3.43. The van der Waals surface area contributed by atoms with E-state index in [0.717, 1.165) is 25.7 Å². The van der Waals surface area contributed by atoms with E-state index in [1.54, 1.807) is 16.8 Å². The van der Waals surface area contributed by atoms with Crippen molar-refractivity contribution in [2.45, 2.75) is 88.1 Å². The lowest BCUT2D eigenvalue weighted by Gasteiger charge is -2.42. The van der Waals surface area contributed by atoms with Gasteiger partial charge in [-0.05, 0) is 25.7 Å². The normalized spacial score (nSPS) is 38.3. The Hall–Kier alpha value is -2.19. The molecule has 5 rings (SSSR count). The van der Waals surface area contributed by atoms with Crippen LogP contribution in [-0.4, -0.2) is 93.6 Å². The van der Waals surface area contributed by atoms with E-state index in [1.807, 2.05) is 43.1 Å². The first-order valence-corrected chi connectivity index (χ1v) is 13.4. The zero-order valence-corrected chi connectivity index (χ0v) is 21.2. The van der Waals surface area contributed by atoms with Crippen molar-refractivity contribution in [2.75, 3.05) is 26.7 Å². The summed E-state index contributed by atoms with van der Waals surface area (Å²) < 4.78 is 6.93. The van der Waals surface area contributed by atoms with Crippen LogP contribution in [0.3, 0.4) is 0 Å². The van der Waals surface area contributed by atoms with Crippen molar-refractivity contribution in [3.05, 3.63) is 24.3 Å². The summed E-state index contributed by atoms with van der Waals surface area (Å²) in [6, 6.07) is -1.26. The number of fused-ring (bicyclic) bond motifs is 2. The highest BCUT2D eigenvalue weighted by atomic mass is 16.5. The van der Waals surface area contributed by atoms with Gasteiger partial charge in [0.05, 0.1) is 30.1 Å². The minimum atomic E-state index is -1.24. The summed E-state index contributed by atoms with van der Waals surface area (Å²) in [7, 11) is 1.75. The van der Waals surface area contributed by atoms with Gasteiger partial charge in [-0.25, -0.2) is 0 Å². The van der Waals surface area contributed by atoms with E-state index in [-0.39, 0.29) is 30.4 Å².